The highest BCUT2D eigenvalue weighted by molar-refractivity contribution is 5.97. The van der Waals surface area contributed by atoms with Gasteiger partial charge in [0.2, 0.25) is 5.91 Å². The third kappa shape index (κ3) is 2.25. The Morgan fingerprint density at radius 1 is 1.67 bits per heavy atom. The molecule has 1 saturated heterocycles. The van der Waals surface area contributed by atoms with Crippen LogP contribution in [0.25, 0.3) is 0 Å². The number of nitrogens with zero attached hydrogens (tertiary/aromatic N) is 2. The molecule has 1 fully saturated rings. The van der Waals surface area contributed by atoms with E-state index in [1.807, 2.05) is 0 Å². The quantitative estimate of drug-likeness (QED) is 0.476. The first-order chi connectivity index (χ1) is 8.63. The van der Waals surface area contributed by atoms with Gasteiger partial charge < -0.3 is 15.6 Å². The number of hydrogen-bond donors (Lipinski definition) is 3. The number of nitrogens with two attached hydrogens (primary N) is 1. The molecule has 1 aliphatic rings. The smallest absolute Gasteiger partial charge is 0.273 e. The van der Waals surface area contributed by atoms with E-state index < -0.39 is 6.04 Å². The predicted octanol–water partition coefficient (Wildman–Crippen LogP) is -0.672. The molecule has 7 nitrogen and oxygen atoms in total. The first-order valence-electron chi connectivity index (χ1n) is 5.65. The number of carbonyl (C=O) groups excluding carboxylic acids is 2. The van der Waals surface area contributed by atoms with Crippen LogP contribution in [0.2, 0.25) is 0 Å². The lowest BCUT2D eigenvalue weighted by atomic mass is 10.2. The Bertz CT molecular complexity index is 476. The van der Waals surface area contributed by atoms with Crippen molar-refractivity contribution in [2.75, 3.05) is 18.5 Å². The molecule has 2 amide bonds. The van der Waals surface area contributed by atoms with Crippen LogP contribution >= 0.6 is 0 Å². The van der Waals surface area contributed by atoms with Gasteiger partial charge in [-0.25, -0.2) is 0 Å². The van der Waals surface area contributed by atoms with Crippen LogP contribution in [-0.2, 0) is 4.79 Å². The van der Waals surface area contributed by atoms with Crippen molar-refractivity contribution in [2.24, 2.45) is 5.84 Å². The maximum absolute atomic E-state index is 12.2. The van der Waals surface area contributed by atoms with Crippen molar-refractivity contribution >= 4 is 17.5 Å². The minimum absolute atomic E-state index is 0.150. The van der Waals surface area contributed by atoms with Gasteiger partial charge in [-0.1, -0.05) is 0 Å². The topological polar surface area (TPSA) is 100 Å². The fourth-order valence-electron chi connectivity index (χ4n) is 1.84. The molecule has 1 aromatic rings. The van der Waals surface area contributed by atoms with Crippen molar-refractivity contribution in [2.45, 2.75) is 13.0 Å². The number of rotatable bonds is 2. The number of anilines is 1. The van der Waals surface area contributed by atoms with Crippen LogP contribution in [0.5, 0.6) is 0 Å². The standard InChI is InChI=1S/C11H15N5O2/c1-7-10(17)14-4-5-16(7)11(18)9-6-8(15-12)2-3-13-9/h2-3,6-7H,4-5,12H2,1H3,(H,13,15)(H,14,17). The van der Waals surface area contributed by atoms with E-state index in [0.717, 1.165) is 0 Å². The SMILES string of the molecule is CC1C(=O)NCCN1C(=O)c1cc(NN)ccn1. The van der Waals surface area contributed by atoms with E-state index in [9.17, 15) is 9.59 Å². The summed E-state index contributed by atoms with van der Waals surface area (Å²) in [5.74, 6) is 4.86. The summed E-state index contributed by atoms with van der Waals surface area (Å²) in [4.78, 5) is 29.2. The molecule has 4 N–H and O–H groups in total. The second-order valence-electron chi connectivity index (χ2n) is 4.04. The molecule has 0 aromatic carbocycles. The van der Waals surface area contributed by atoms with Crippen LogP contribution in [0.3, 0.4) is 0 Å². The third-order valence-corrected chi connectivity index (χ3v) is 2.91. The summed E-state index contributed by atoms with van der Waals surface area (Å²) in [6.07, 6.45) is 1.50. The lowest BCUT2D eigenvalue weighted by molar-refractivity contribution is -0.127. The Morgan fingerprint density at radius 3 is 3.17 bits per heavy atom. The van der Waals surface area contributed by atoms with Gasteiger partial charge in [0.15, 0.2) is 0 Å². The largest absolute Gasteiger partial charge is 0.353 e. The summed E-state index contributed by atoms with van der Waals surface area (Å²) >= 11 is 0. The molecule has 0 saturated carbocycles. The number of piperazine rings is 1. The minimum Gasteiger partial charge on any atom is -0.353 e. The van der Waals surface area contributed by atoms with E-state index in [0.29, 0.717) is 18.8 Å². The Kier molecular flexibility index (Phi) is 3.42. The van der Waals surface area contributed by atoms with E-state index in [-0.39, 0.29) is 17.5 Å². The maximum Gasteiger partial charge on any atom is 0.273 e. The number of aromatic nitrogens is 1. The second-order valence-corrected chi connectivity index (χ2v) is 4.04. The first kappa shape index (κ1) is 12.3. The maximum atomic E-state index is 12.2. The number of carbonyl (C=O) groups is 2. The van der Waals surface area contributed by atoms with Crippen LogP contribution in [0, 0.1) is 0 Å². The van der Waals surface area contributed by atoms with Crippen LogP contribution in [0.15, 0.2) is 18.3 Å². The van der Waals surface area contributed by atoms with Gasteiger partial charge in [0.25, 0.3) is 5.91 Å². The molecule has 2 rings (SSSR count). The molecule has 1 atom stereocenters. The van der Waals surface area contributed by atoms with Crippen LogP contribution < -0.4 is 16.6 Å². The fourth-order valence-corrected chi connectivity index (χ4v) is 1.84. The van der Waals surface area contributed by atoms with E-state index in [2.05, 4.69) is 15.7 Å². The summed E-state index contributed by atoms with van der Waals surface area (Å²) in [6, 6.07) is 2.73. The lowest BCUT2D eigenvalue weighted by Crippen LogP contribution is -2.55. The summed E-state index contributed by atoms with van der Waals surface area (Å²) in [5.41, 5.74) is 3.32. The molecule has 1 aliphatic heterocycles. The zero-order chi connectivity index (χ0) is 13.1. The third-order valence-electron chi connectivity index (χ3n) is 2.91. The molecule has 7 heteroatoms. The Hall–Kier alpha value is -2.15. The number of pyridine rings is 1. The van der Waals surface area contributed by atoms with Crippen molar-refractivity contribution in [3.8, 4) is 0 Å². The summed E-state index contributed by atoms with van der Waals surface area (Å²) in [7, 11) is 0. The molecule has 96 valence electrons. The molecular weight excluding hydrogens is 234 g/mol. The number of amides is 2. The molecular formula is C11H15N5O2. The Morgan fingerprint density at radius 2 is 2.44 bits per heavy atom. The van der Waals surface area contributed by atoms with Crippen LogP contribution in [-0.4, -0.2) is 40.8 Å². The van der Waals surface area contributed by atoms with E-state index >= 15 is 0 Å². The van der Waals surface area contributed by atoms with E-state index in [4.69, 9.17) is 5.84 Å². The summed E-state index contributed by atoms with van der Waals surface area (Å²) in [6.45, 7) is 2.63. The van der Waals surface area contributed by atoms with Gasteiger partial charge in [-0.15, -0.1) is 0 Å². The monoisotopic (exact) mass is 249 g/mol. The molecule has 0 spiro atoms. The normalized spacial score (nSPS) is 19.3. The number of hydrogen-bond acceptors (Lipinski definition) is 5. The lowest BCUT2D eigenvalue weighted by Gasteiger charge is -2.32. The number of nitrogen functional groups attached to an aromatic ring is 1. The molecule has 0 bridgehead atoms. The van der Waals surface area contributed by atoms with Gasteiger partial charge in [-0.3, -0.25) is 20.4 Å². The highest BCUT2D eigenvalue weighted by Crippen LogP contribution is 2.12. The van der Waals surface area contributed by atoms with Crippen LogP contribution in [0.1, 0.15) is 17.4 Å². The zero-order valence-electron chi connectivity index (χ0n) is 10.0. The van der Waals surface area contributed by atoms with Gasteiger partial charge in [-0.2, -0.15) is 0 Å². The van der Waals surface area contributed by atoms with Crippen molar-refractivity contribution in [3.05, 3.63) is 24.0 Å². The van der Waals surface area contributed by atoms with Gasteiger partial charge in [0, 0.05) is 19.3 Å². The minimum atomic E-state index is -0.484. The molecule has 0 aliphatic carbocycles. The second kappa shape index (κ2) is 5.01. The number of nitrogens with one attached hydrogen (secondary N) is 2. The summed E-state index contributed by atoms with van der Waals surface area (Å²) < 4.78 is 0. The van der Waals surface area contributed by atoms with Gasteiger partial charge in [-0.05, 0) is 19.1 Å². The van der Waals surface area contributed by atoms with Crippen molar-refractivity contribution in [3.63, 3.8) is 0 Å². The van der Waals surface area contributed by atoms with Gasteiger partial charge in [0.05, 0.1) is 5.69 Å². The molecule has 2 heterocycles. The fraction of sp³-hybridized carbons (Fsp3) is 0.364. The molecule has 1 aromatic heterocycles. The van der Waals surface area contributed by atoms with E-state index in [1.165, 1.54) is 11.1 Å². The summed E-state index contributed by atoms with van der Waals surface area (Å²) in [5, 5.41) is 2.71. The average Bonchev–Trinajstić information content (AvgIpc) is 2.41. The van der Waals surface area contributed by atoms with Gasteiger partial charge in [0.1, 0.15) is 11.7 Å². The molecule has 0 radical (unpaired) electrons. The van der Waals surface area contributed by atoms with Crippen LogP contribution in [0.4, 0.5) is 5.69 Å². The van der Waals surface area contributed by atoms with Crippen molar-refractivity contribution in [1.82, 2.24) is 15.2 Å². The average molecular weight is 249 g/mol. The Balaban J connectivity index is 2.22. The van der Waals surface area contributed by atoms with E-state index in [1.54, 1.807) is 19.1 Å². The zero-order valence-corrected chi connectivity index (χ0v) is 10.0. The highest BCUT2D eigenvalue weighted by atomic mass is 16.2. The van der Waals surface area contributed by atoms with Crippen molar-refractivity contribution in [1.29, 1.82) is 0 Å². The van der Waals surface area contributed by atoms with Crippen molar-refractivity contribution < 1.29 is 9.59 Å². The Labute approximate surface area is 104 Å². The highest BCUT2D eigenvalue weighted by Gasteiger charge is 2.30. The van der Waals surface area contributed by atoms with Gasteiger partial charge >= 0.3 is 0 Å². The first-order valence-corrected chi connectivity index (χ1v) is 5.65. The molecule has 18 heavy (non-hydrogen) atoms. The number of hydrazine groups is 1. The predicted molar refractivity (Wildman–Crippen MR) is 65.6 cm³/mol. The molecule has 1 unspecified atom stereocenters.